The van der Waals surface area contributed by atoms with E-state index in [4.69, 9.17) is 9.84 Å². The summed E-state index contributed by atoms with van der Waals surface area (Å²) in [6.45, 7) is -0.415. The third-order valence-corrected chi connectivity index (χ3v) is 3.30. The number of aliphatic hydroxyl groups excluding tert-OH is 1. The molecule has 6 heteroatoms. The summed E-state index contributed by atoms with van der Waals surface area (Å²) in [7, 11) is 0. The summed E-state index contributed by atoms with van der Waals surface area (Å²) in [4.78, 5) is 3.77. The van der Waals surface area contributed by atoms with Gasteiger partial charge >= 0.3 is 6.18 Å². The standard InChI is InChI=1S/C15H16F3NO2/c16-15(17,18)13-9-11(5-4-8-20)10-19-14(13)21-12-6-2-1-3-7-12/h9-10,12,20H,1-3,6-8H2. The summed E-state index contributed by atoms with van der Waals surface area (Å²) < 4.78 is 44.7. The Morgan fingerprint density at radius 1 is 1.29 bits per heavy atom. The topological polar surface area (TPSA) is 42.4 Å². The molecular weight excluding hydrogens is 283 g/mol. The maximum atomic E-state index is 13.1. The first-order valence-corrected chi connectivity index (χ1v) is 6.84. The van der Waals surface area contributed by atoms with Crippen LogP contribution in [0.5, 0.6) is 5.88 Å². The minimum atomic E-state index is -4.55. The highest BCUT2D eigenvalue weighted by molar-refractivity contribution is 5.40. The van der Waals surface area contributed by atoms with Crippen LogP contribution in [0.15, 0.2) is 12.3 Å². The first-order valence-electron chi connectivity index (χ1n) is 6.84. The van der Waals surface area contributed by atoms with E-state index in [1.54, 1.807) is 0 Å². The zero-order chi connectivity index (χ0) is 15.3. The summed E-state index contributed by atoms with van der Waals surface area (Å²) in [6.07, 6.45) is 1.01. The van der Waals surface area contributed by atoms with Crippen LogP contribution in [0, 0.1) is 11.8 Å². The maximum absolute atomic E-state index is 13.1. The number of hydrogen-bond donors (Lipinski definition) is 1. The second-order valence-corrected chi connectivity index (χ2v) is 4.91. The van der Waals surface area contributed by atoms with Crippen LogP contribution in [-0.4, -0.2) is 22.8 Å². The molecule has 3 nitrogen and oxygen atoms in total. The zero-order valence-corrected chi connectivity index (χ0v) is 11.4. The van der Waals surface area contributed by atoms with Gasteiger partial charge in [-0.3, -0.25) is 0 Å². The lowest BCUT2D eigenvalue weighted by atomic mass is 9.98. The Kier molecular flexibility index (Phi) is 5.07. The molecule has 1 aliphatic carbocycles. The van der Waals surface area contributed by atoms with Gasteiger partial charge in [-0.2, -0.15) is 13.2 Å². The van der Waals surface area contributed by atoms with Crippen LogP contribution < -0.4 is 4.74 Å². The Morgan fingerprint density at radius 3 is 2.62 bits per heavy atom. The molecule has 0 aromatic carbocycles. The van der Waals surface area contributed by atoms with Gasteiger partial charge in [-0.1, -0.05) is 18.3 Å². The van der Waals surface area contributed by atoms with Gasteiger partial charge in [0.2, 0.25) is 5.88 Å². The lowest BCUT2D eigenvalue weighted by Crippen LogP contribution is -2.22. The van der Waals surface area contributed by atoms with Gasteiger partial charge in [0.1, 0.15) is 18.3 Å². The summed E-state index contributed by atoms with van der Waals surface area (Å²) in [5, 5.41) is 8.59. The van der Waals surface area contributed by atoms with Crippen molar-refractivity contribution in [3.05, 3.63) is 23.4 Å². The lowest BCUT2D eigenvalue weighted by Gasteiger charge is -2.24. The predicted molar refractivity (Wildman–Crippen MR) is 70.7 cm³/mol. The van der Waals surface area contributed by atoms with Crippen LogP contribution in [0.4, 0.5) is 13.2 Å². The molecule has 1 aliphatic rings. The number of alkyl halides is 3. The van der Waals surface area contributed by atoms with Crippen LogP contribution in [0.2, 0.25) is 0 Å². The Labute approximate surface area is 121 Å². The highest BCUT2D eigenvalue weighted by Gasteiger charge is 2.36. The van der Waals surface area contributed by atoms with Crippen molar-refractivity contribution in [2.75, 3.05) is 6.61 Å². The van der Waals surface area contributed by atoms with Crippen molar-refractivity contribution in [1.29, 1.82) is 0 Å². The van der Waals surface area contributed by atoms with Crippen molar-refractivity contribution in [2.24, 2.45) is 0 Å². The van der Waals surface area contributed by atoms with Gasteiger partial charge in [-0.15, -0.1) is 0 Å². The van der Waals surface area contributed by atoms with E-state index in [2.05, 4.69) is 16.8 Å². The van der Waals surface area contributed by atoms with Gasteiger partial charge in [-0.05, 0) is 31.7 Å². The maximum Gasteiger partial charge on any atom is 0.421 e. The van der Waals surface area contributed by atoms with Crippen LogP contribution in [0.1, 0.15) is 43.2 Å². The van der Waals surface area contributed by atoms with E-state index in [0.717, 1.165) is 38.2 Å². The van der Waals surface area contributed by atoms with Crippen LogP contribution in [-0.2, 0) is 6.18 Å². The van der Waals surface area contributed by atoms with E-state index in [1.165, 1.54) is 6.20 Å². The van der Waals surface area contributed by atoms with Crippen molar-refractivity contribution in [2.45, 2.75) is 44.4 Å². The third kappa shape index (κ3) is 4.36. The monoisotopic (exact) mass is 299 g/mol. The molecule has 0 aliphatic heterocycles. The van der Waals surface area contributed by atoms with E-state index in [1.807, 2.05) is 0 Å². The summed E-state index contributed by atoms with van der Waals surface area (Å²) in [6, 6.07) is 0.911. The van der Waals surface area contributed by atoms with Crippen LogP contribution in [0.3, 0.4) is 0 Å². The molecule has 0 bridgehead atoms. The number of hydrogen-bond acceptors (Lipinski definition) is 3. The SMILES string of the molecule is OCC#Cc1cnc(OC2CCCCC2)c(C(F)(F)F)c1. The van der Waals surface area contributed by atoms with E-state index in [0.29, 0.717) is 0 Å². The van der Waals surface area contributed by atoms with E-state index >= 15 is 0 Å². The average Bonchev–Trinajstić information content (AvgIpc) is 2.46. The molecule has 1 heterocycles. The number of halogens is 3. The largest absolute Gasteiger partial charge is 0.474 e. The summed E-state index contributed by atoms with van der Waals surface area (Å²) >= 11 is 0. The lowest BCUT2D eigenvalue weighted by molar-refractivity contribution is -0.139. The Bertz CT molecular complexity index is 540. The average molecular weight is 299 g/mol. The fourth-order valence-corrected chi connectivity index (χ4v) is 2.30. The molecule has 1 N–H and O–H groups in total. The first kappa shape index (κ1) is 15.6. The van der Waals surface area contributed by atoms with Crippen molar-refractivity contribution >= 4 is 0 Å². The number of rotatable bonds is 2. The van der Waals surface area contributed by atoms with Crippen LogP contribution >= 0.6 is 0 Å². The quantitative estimate of drug-likeness (QED) is 0.853. The number of aliphatic hydroxyl groups is 1. The smallest absolute Gasteiger partial charge is 0.421 e. The number of pyridine rings is 1. The molecule has 1 aromatic rings. The Hall–Kier alpha value is -1.74. The molecule has 0 unspecified atom stereocenters. The molecule has 2 rings (SSSR count). The van der Waals surface area contributed by atoms with Gasteiger partial charge in [0.15, 0.2) is 0 Å². The first-order chi connectivity index (χ1) is 10.0. The van der Waals surface area contributed by atoms with E-state index in [9.17, 15) is 13.2 Å². The Balaban J connectivity index is 2.26. The molecule has 1 saturated carbocycles. The second-order valence-electron chi connectivity index (χ2n) is 4.91. The molecule has 114 valence electrons. The highest BCUT2D eigenvalue weighted by Crippen LogP contribution is 2.36. The fraction of sp³-hybridized carbons (Fsp3) is 0.533. The molecule has 1 fully saturated rings. The minimum Gasteiger partial charge on any atom is -0.474 e. The fourth-order valence-electron chi connectivity index (χ4n) is 2.30. The second kappa shape index (κ2) is 6.81. The third-order valence-electron chi connectivity index (χ3n) is 3.30. The van der Waals surface area contributed by atoms with Crippen molar-refractivity contribution in [3.63, 3.8) is 0 Å². The van der Waals surface area contributed by atoms with E-state index in [-0.39, 0.29) is 17.5 Å². The molecular formula is C15H16F3NO2. The van der Waals surface area contributed by atoms with Crippen molar-refractivity contribution in [1.82, 2.24) is 4.98 Å². The molecule has 0 atom stereocenters. The summed E-state index contributed by atoms with van der Waals surface area (Å²) in [5.41, 5.74) is -0.815. The van der Waals surface area contributed by atoms with Gasteiger partial charge in [-0.25, -0.2) is 4.98 Å². The van der Waals surface area contributed by atoms with Gasteiger partial charge < -0.3 is 9.84 Å². The molecule has 1 aromatic heterocycles. The van der Waals surface area contributed by atoms with Gasteiger partial charge in [0, 0.05) is 11.8 Å². The number of ether oxygens (including phenoxy) is 1. The Morgan fingerprint density at radius 2 is 2.00 bits per heavy atom. The summed E-state index contributed by atoms with van der Waals surface area (Å²) in [5.74, 6) is 4.34. The number of nitrogens with zero attached hydrogens (tertiary/aromatic N) is 1. The van der Waals surface area contributed by atoms with E-state index < -0.39 is 18.3 Å². The predicted octanol–water partition coefficient (Wildman–Crippen LogP) is 3.16. The molecule has 0 saturated heterocycles. The molecule has 21 heavy (non-hydrogen) atoms. The zero-order valence-electron chi connectivity index (χ0n) is 11.4. The van der Waals surface area contributed by atoms with Crippen molar-refractivity contribution < 1.29 is 23.0 Å². The number of aromatic nitrogens is 1. The molecule has 0 spiro atoms. The van der Waals surface area contributed by atoms with Crippen LogP contribution in [0.25, 0.3) is 0 Å². The van der Waals surface area contributed by atoms with Crippen molar-refractivity contribution in [3.8, 4) is 17.7 Å². The van der Waals surface area contributed by atoms with Gasteiger partial charge in [0.25, 0.3) is 0 Å². The molecule has 0 amide bonds. The minimum absolute atomic E-state index is 0.104. The van der Waals surface area contributed by atoms with Gasteiger partial charge in [0.05, 0.1) is 0 Å². The normalized spacial score (nSPS) is 16.2. The highest BCUT2D eigenvalue weighted by atomic mass is 19.4. The molecule has 0 radical (unpaired) electrons.